The van der Waals surface area contributed by atoms with Crippen molar-refractivity contribution in [2.24, 2.45) is 5.41 Å². The second-order valence-corrected chi connectivity index (χ2v) is 3.32. The van der Waals surface area contributed by atoms with Crippen molar-refractivity contribution in [1.82, 2.24) is 0 Å². The van der Waals surface area contributed by atoms with Crippen molar-refractivity contribution in [2.45, 2.75) is 13.8 Å². The summed E-state index contributed by atoms with van der Waals surface area (Å²) in [7, 11) is 0. The Morgan fingerprint density at radius 1 is 1.40 bits per heavy atom. The van der Waals surface area contributed by atoms with Gasteiger partial charge in [-0.15, -0.1) is 0 Å². The van der Waals surface area contributed by atoms with Crippen LogP contribution in [0, 0.1) is 5.41 Å². The summed E-state index contributed by atoms with van der Waals surface area (Å²) in [6.07, 6.45) is 0. The maximum absolute atomic E-state index is 10.6. The zero-order valence-corrected chi connectivity index (χ0v) is 6.35. The van der Waals surface area contributed by atoms with E-state index in [0.29, 0.717) is 13.2 Å². The maximum atomic E-state index is 10.6. The van der Waals surface area contributed by atoms with Crippen molar-refractivity contribution in [3.05, 3.63) is 0 Å². The fourth-order valence-corrected chi connectivity index (χ4v) is 0.770. The number of rotatable bonds is 0. The van der Waals surface area contributed by atoms with Gasteiger partial charge in [-0.05, 0) is 0 Å². The molecule has 58 valence electrons. The Morgan fingerprint density at radius 2 is 2.10 bits per heavy atom. The SMILES string of the molecule is CC1(C)COCC(=O)OC1. The predicted molar refractivity (Wildman–Crippen MR) is 35.6 cm³/mol. The van der Waals surface area contributed by atoms with Gasteiger partial charge in [-0.1, -0.05) is 13.8 Å². The van der Waals surface area contributed by atoms with Crippen LogP contribution in [-0.4, -0.2) is 25.8 Å². The fraction of sp³-hybridized carbons (Fsp3) is 0.857. The molecule has 1 fully saturated rings. The van der Waals surface area contributed by atoms with Crippen molar-refractivity contribution < 1.29 is 14.3 Å². The van der Waals surface area contributed by atoms with Crippen LogP contribution in [0.15, 0.2) is 0 Å². The highest BCUT2D eigenvalue weighted by Crippen LogP contribution is 2.17. The highest BCUT2D eigenvalue weighted by Gasteiger charge is 2.24. The number of esters is 1. The second kappa shape index (κ2) is 2.58. The topological polar surface area (TPSA) is 35.5 Å². The summed E-state index contributed by atoms with van der Waals surface area (Å²) in [4.78, 5) is 10.6. The summed E-state index contributed by atoms with van der Waals surface area (Å²) in [6.45, 7) is 5.17. The van der Waals surface area contributed by atoms with Gasteiger partial charge in [0.05, 0.1) is 13.2 Å². The first kappa shape index (κ1) is 7.54. The molecule has 3 nitrogen and oxygen atoms in total. The van der Waals surface area contributed by atoms with Crippen LogP contribution in [0.5, 0.6) is 0 Å². The number of ether oxygens (including phenoxy) is 2. The molecular weight excluding hydrogens is 132 g/mol. The Bertz CT molecular complexity index is 140. The molecule has 0 aromatic rings. The molecule has 0 atom stereocenters. The fourth-order valence-electron chi connectivity index (χ4n) is 0.770. The van der Waals surface area contributed by atoms with Crippen molar-refractivity contribution in [3.63, 3.8) is 0 Å². The van der Waals surface area contributed by atoms with E-state index in [4.69, 9.17) is 9.47 Å². The average Bonchev–Trinajstić information content (AvgIpc) is 1.94. The monoisotopic (exact) mass is 144 g/mol. The predicted octanol–water partition coefficient (Wildman–Crippen LogP) is 0.586. The molecule has 0 aromatic carbocycles. The molecule has 1 aliphatic rings. The van der Waals surface area contributed by atoms with Crippen molar-refractivity contribution in [3.8, 4) is 0 Å². The highest BCUT2D eigenvalue weighted by atomic mass is 16.6. The Kier molecular flexibility index (Phi) is 1.94. The van der Waals surface area contributed by atoms with Gasteiger partial charge < -0.3 is 9.47 Å². The minimum absolute atomic E-state index is 0.0217. The molecule has 1 heterocycles. The van der Waals surface area contributed by atoms with Crippen LogP contribution < -0.4 is 0 Å². The minimum atomic E-state index is -0.259. The molecular formula is C7H12O3. The summed E-state index contributed by atoms with van der Waals surface area (Å²) in [5.41, 5.74) is -0.0217. The van der Waals surface area contributed by atoms with Crippen LogP contribution in [0.2, 0.25) is 0 Å². The number of hydrogen-bond acceptors (Lipinski definition) is 3. The Labute approximate surface area is 60.3 Å². The van der Waals surface area contributed by atoms with E-state index < -0.39 is 0 Å². The molecule has 0 bridgehead atoms. The molecule has 0 saturated carbocycles. The van der Waals surface area contributed by atoms with Gasteiger partial charge in [-0.2, -0.15) is 0 Å². The second-order valence-electron chi connectivity index (χ2n) is 3.32. The number of carbonyl (C=O) groups excluding carboxylic acids is 1. The first-order valence-electron chi connectivity index (χ1n) is 3.33. The number of carbonyl (C=O) groups is 1. The zero-order valence-electron chi connectivity index (χ0n) is 6.35. The summed E-state index contributed by atoms with van der Waals surface area (Å²) >= 11 is 0. The lowest BCUT2D eigenvalue weighted by Crippen LogP contribution is -2.22. The molecule has 1 aliphatic heterocycles. The van der Waals surface area contributed by atoms with Crippen LogP contribution in [-0.2, 0) is 14.3 Å². The standard InChI is InChI=1S/C7H12O3/c1-7(2)4-9-3-6(8)10-5-7/h3-5H2,1-2H3. The Hall–Kier alpha value is -0.570. The number of hydrogen-bond donors (Lipinski definition) is 0. The van der Waals surface area contributed by atoms with Gasteiger partial charge in [-0.25, -0.2) is 4.79 Å². The molecule has 0 radical (unpaired) electrons. The average molecular weight is 144 g/mol. The van der Waals surface area contributed by atoms with Crippen LogP contribution in [0.4, 0.5) is 0 Å². The third-order valence-electron chi connectivity index (χ3n) is 1.34. The van der Waals surface area contributed by atoms with Gasteiger partial charge in [-0.3, -0.25) is 0 Å². The van der Waals surface area contributed by atoms with E-state index in [2.05, 4.69) is 0 Å². The van der Waals surface area contributed by atoms with E-state index in [1.807, 2.05) is 13.8 Å². The Balaban J connectivity index is 2.48. The number of cyclic esters (lactones) is 1. The van der Waals surface area contributed by atoms with Gasteiger partial charge in [0.2, 0.25) is 0 Å². The summed E-state index contributed by atoms with van der Waals surface area (Å²) in [5.74, 6) is -0.259. The third-order valence-corrected chi connectivity index (χ3v) is 1.34. The van der Waals surface area contributed by atoms with Crippen LogP contribution in [0.1, 0.15) is 13.8 Å². The molecule has 0 N–H and O–H groups in total. The lowest BCUT2D eigenvalue weighted by molar-refractivity contribution is -0.146. The van der Waals surface area contributed by atoms with Gasteiger partial charge >= 0.3 is 5.97 Å². The van der Waals surface area contributed by atoms with Gasteiger partial charge in [0, 0.05) is 5.41 Å². The molecule has 0 aliphatic carbocycles. The summed E-state index contributed by atoms with van der Waals surface area (Å²) in [5, 5.41) is 0. The Morgan fingerprint density at radius 3 is 2.80 bits per heavy atom. The van der Waals surface area contributed by atoms with E-state index >= 15 is 0 Å². The first-order valence-corrected chi connectivity index (χ1v) is 3.33. The minimum Gasteiger partial charge on any atom is -0.463 e. The molecule has 3 heteroatoms. The van der Waals surface area contributed by atoms with Crippen molar-refractivity contribution in [2.75, 3.05) is 19.8 Å². The highest BCUT2D eigenvalue weighted by molar-refractivity contribution is 5.70. The van der Waals surface area contributed by atoms with Crippen molar-refractivity contribution in [1.29, 1.82) is 0 Å². The van der Waals surface area contributed by atoms with Crippen LogP contribution in [0.25, 0.3) is 0 Å². The van der Waals surface area contributed by atoms with Gasteiger partial charge in [0.15, 0.2) is 0 Å². The molecule has 10 heavy (non-hydrogen) atoms. The first-order chi connectivity index (χ1) is 4.60. The third kappa shape index (κ3) is 1.99. The van der Waals surface area contributed by atoms with Gasteiger partial charge in [0.25, 0.3) is 0 Å². The largest absolute Gasteiger partial charge is 0.463 e. The van der Waals surface area contributed by atoms with Gasteiger partial charge in [0.1, 0.15) is 6.61 Å². The van der Waals surface area contributed by atoms with Crippen molar-refractivity contribution >= 4 is 5.97 Å². The molecule has 0 unspecified atom stereocenters. The van der Waals surface area contributed by atoms with E-state index in [0.717, 1.165) is 0 Å². The molecule has 0 amide bonds. The molecule has 1 rings (SSSR count). The molecule has 0 spiro atoms. The van der Waals surface area contributed by atoms with E-state index in [-0.39, 0.29) is 18.0 Å². The lowest BCUT2D eigenvalue weighted by atomic mass is 9.97. The van der Waals surface area contributed by atoms with Crippen LogP contribution >= 0.6 is 0 Å². The van der Waals surface area contributed by atoms with Crippen LogP contribution in [0.3, 0.4) is 0 Å². The smallest absolute Gasteiger partial charge is 0.332 e. The quantitative estimate of drug-likeness (QED) is 0.467. The summed E-state index contributed by atoms with van der Waals surface area (Å²) < 4.78 is 9.90. The molecule has 0 aromatic heterocycles. The maximum Gasteiger partial charge on any atom is 0.332 e. The van der Waals surface area contributed by atoms with E-state index in [1.54, 1.807) is 0 Å². The zero-order chi connectivity index (χ0) is 7.61. The molecule has 1 saturated heterocycles. The summed E-state index contributed by atoms with van der Waals surface area (Å²) in [6, 6.07) is 0. The van der Waals surface area contributed by atoms with E-state index in [9.17, 15) is 4.79 Å². The normalized spacial score (nSPS) is 25.2. The lowest BCUT2D eigenvalue weighted by Gasteiger charge is -2.18. The van der Waals surface area contributed by atoms with E-state index in [1.165, 1.54) is 0 Å².